The van der Waals surface area contributed by atoms with E-state index in [1.54, 1.807) is 0 Å². The third-order valence-corrected chi connectivity index (χ3v) is 6.36. The second-order valence-electron chi connectivity index (χ2n) is 9.33. The van der Waals surface area contributed by atoms with E-state index in [1.807, 2.05) is 111 Å². The lowest BCUT2D eigenvalue weighted by Crippen LogP contribution is -2.31. The minimum Gasteiger partial charge on any atom is -0.489 e. The highest BCUT2D eigenvalue weighted by Crippen LogP contribution is 2.21. The van der Waals surface area contributed by atoms with Crippen molar-refractivity contribution in [3.05, 3.63) is 130 Å². The van der Waals surface area contributed by atoms with Crippen LogP contribution in [0.1, 0.15) is 33.4 Å². The van der Waals surface area contributed by atoms with Crippen LogP contribution >= 0.6 is 0 Å². The van der Waals surface area contributed by atoms with Crippen LogP contribution in [-0.4, -0.2) is 24.4 Å². The molecule has 212 valence electrons. The molecule has 0 radical (unpaired) electrons. The van der Waals surface area contributed by atoms with Gasteiger partial charge in [-0.1, -0.05) is 84.9 Å². The minimum absolute atomic E-state index is 0.0796. The zero-order chi connectivity index (χ0) is 29.0. The third kappa shape index (κ3) is 8.66. The summed E-state index contributed by atoms with van der Waals surface area (Å²) in [5.41, 5.74) is 5.13. The summed E-state index contributed by atoms with van der Waals surface area (Å²) in [7, 11) is 1.23. The first-order valence-electron chi connectivity index (χ1n) is 13.2. The Labute approximate surface area is 239 Å². The summed E-state index contributed by atoms with van der Waals surface area (Å²) >= 11 is 0. The van der Waals surface area contributed by atoms with E-state index in [0.717, 1.165) is 44.9 Å². The van der Waals surface area contributed by atoms with Crippen LogP contribution in [0.3, 0.4) is 0 Å². The average molecular weight is 556 g/mol. The van der Waals surface area contributed by atoms with Gasteiger partial charge in [-0.25, -0.2) is 14.4 Å². The van der Waals surface area contributed by atoms with Gasteiger partial charge in [0.05, 0.1) is 20.0 Å². The molecule has 0 aliphatic carbocycles. The first-order chi connectivity index (χ1) is 19.9. The summed E-state index contributed by atoms with van der Waals surface area (Å²) in [6.07, 6.45) is -0.159. The molecular formula is C33H33NO7. The van der Waals surface area contributed by atoms with Crippen molar-refractivity contribution in [3.8, 4) is 11.5 Å². The second kappa shape index (κ2) is 14.6. The quantitative estimate of drug-likeness (QED) is 0.185. The van der Waals surface area contributed by atoms with Crippen LogP contribution in [0.15, 0.2) is 97.1 Å². The molecule has 41 heavy (non-hydrogen) atoms. The summed E-state index contributed by atoms with van der Waals surface area (Å²) in [6.45, 7) is 4.50. The average Bonchev–Trinajstić information content (AvgIpc) is 2.97. The summed E-state index contributed by atoms with van der Waals surface area (Å²) in [5, 5.41) is 0.420. The smallest absolute Gasteiger partial charge is 0.336 e. The van der Waals surface area contributed by atoms with E-state index in [1.165, 1.54) is 7.11 Å². The maximum Gasteiger partial charge on any atom is 0.336 e. The number of rotatable bonds is 13. The molecule has 0 fully saturated rings. The number of carbonyl (C=O) groups excluding carboxylic acids is 2. The molecule has 0 spiro atoms. The minimum atomic E-state index is -0.671. The lowest BCUT2D eigenvalue weighted by molar-refractivity contribution is -0.476. The van der Waals surface area contributed by atoms with Crippen LogP contribution in [0, 0.1) is 13.8 Å². The van der Waals surface area contributed by atoms with Gasteiger partial charge in [-0.05, 0) is 59.4 Å². The first-order valence-corrected chi connectivity index (χ1v) is 13.2. The van der Waals surface area contributed by atoms with Crippen molar-refractivity contribution in [2.45, 2.75) is 39.9 Å². The molecule has 0 unspecified atom stereocenters. The molecule has 0 saturated carbocycles. The molecule has 8 nitrogen and oxygen atoms in total. The first kappa shape index (κ1) is 29.3. The number of hydrogen-bond donors (Lipinski definition) is 0. The fourth-order valence-electron chi connectivity index (χ4n) is 4.12. The number of aryl methyl sites for hydroxylation is 2. The van der Waals surface area contributed by atoms with E-state index >= 15 is 0 Å². The van der Waals surface area contributed by atoms with Crippen LogP contribution in [-0.2, 0) is 50.2 Å². The standard InChI is InChI=1S/C33H33NO7/c1-24-12-4-10-18-30(24)38-22-28-16-8-6-14-26(28)20-32(35)40-34(37-3)41-33(36)21-27-15-7-9-17-29(27)23-39-31-19-11-5-13-25(31)2/h4-19H,20-23H2,1-3H3. The molecule has 0 amide bonds. The summed E-state index contributed by atoms with van der Waals surface area (Å²) in [4.78, 5) is 40.7. The Bertz CT molecular complexity index is 1360. The molecule has 0 aliphatic heterocycles. The van der Waals surface area contributed by atoms with Gasteiger partial charge in [0.2, 0.25) is 0 Å². The van der Waals surface area contributed by atoms with Crippen molar-refractivity contribution in [1.29, 1.82) is 0 Å². The molecule has 0 aromatic heterocycles. The zero-order valence-electron chi connectivity index (χ0n) is 23.4. The van der Waals surface area contributed by atoms with Gasteiger partial charge < -0.3 is 19.1 Å². The summed E-state index contributed by atoms with van der Waals surface area (Å²) in [6, 6.07) is 30.2. The zero-order valence-corrected chi connectivity index (χ0v) is 23.4. The van der Waals surface area contributed by atoms with Crippen LogP contribution in [0.5, 0.6) is 11.5 Å². The molecule has 4 rings (SSSR count). The Morgan fingerprint density at radius 1 is 0.561 bits per heavy atom. The molecule has 4 aromatic carbocycles. The van der Waals surface area contributed by atoms with Gasteiger partial charge >= 0.3 is 11.9 Å². The summed E-state index contributed by atoms with van der Waals surface area (Å²) < 4.78 is 11.9. The molecule has 0 N–H and O–H groups in total. The van der Waals surface area contributed by atoms with Crippen molar-refractivity contribution in [2.75, 3.05) is 7.11 Å². The molecule has 0 atom stereocenters. The number of para-hydroxylation sites is 2. The molecule has 0 bridgehead atoms. The van der Waals surface area contributed by atoms with Crippen LogP contribution in [0.4, 0.5) is 0 Å². The van der Waals surface area contributed by atoms with E-state index in [-0.39, 0.29) is 26.1 Å². The summed E-state index contributed by atoms with van der Waals surface area (Å²) in [5.74, 6) is 0.196. The molecule has 0 saturated heterocycles. The second-order valence-corrected chi connectivity index (χ2v) is 9.33. The van der Waals surface area contributed by atoms with Gasteiger partial charge in [0.15, 0.2) is 5.39 Å². The monoisotopic (exact) mass is 555 g/mol. The topological polar surface area (TPSA) is 83.5 Å². The Morgan fingerprint density at radius 2 is 0.927 bits per heavy atom. The Kier molecular flexibility index (Phi) is 10.5. The number of hydrogen-bond acceptors (Lipinski definition) is 8. The molecular weight excluding hydrogens is 522 g/mol. The highest BCUT2D eigenvalue weighted by molar-refractivity contribution is 5.74. The lowest BCUT2D eigenvalue weighted by Gasteiger charge is -2.17. The maximum absolute atomic E-state index is 12.7. The van der Waals surface area contributed by atoms with Crippen molar-refractivity contribution >= 4 is 11.9 Å². The third-order valence-electron chi connectivity index (χ3n) is 6.36. The Balaban J connectivity index is 1.31. The molecule has 0 aliphatic rings. The van der Waals surface area contributed by atoms with E-state index in [0.29, 0.717) is 5.39 Å². The SMILES string of the molecule is CON(OC(=O)Cc1ccccc1COc1ccccc1C)OC(=O)Cc1ccccc1COc1ccccc1C. The van der Waals surface area contributed by atoms with Crippen LogP contribution in [0.2, 0.25) is 0 Å². The Hall–Kier alpha value is -4.66. The largest absolute Gasteiger partial charge is 0.489 e. The highest BCUT2D eigenvalue weighted by Gasteiger charge is 2.20. The highest BCUT2D eigenvalue weighted by atomic mass is 17.2. The number of ether oxygens (including phenoxy) is 2. The van der Waals surface area contributed by atoms with E-state index < -0.39 is 11.9 Å². The predicted molar refractivity (Wildman–Crippen MR) is 152 cm³/mol. The molecule has 0 heterocycles. The van der Waals surface area contributed by atoms with Crippen LogP contribution < -0.4 is 9.47 Å². The van der Waals surface area contributed by atoms with Crippen molar-refractivity contribution in [1.82, 2.24) is 5.39 Å². The van der Waals surface area contributed by atoms with Crippen molar-refractivity contribution in [2.24, 2.45) is 0 Å². The van der Waals surface area contributed by atoms with Gasteiger partial charge in [0, 0.05) is 0 Å². The predicted octanol–water partition coefficient (Wildman–Crippen LogP) is 6.03. The maximum atomic E-state index is 12.7. The normalized spacial score (nSPS) is 10.7. The fourth-order valence-corrected chi connectivity index (χ4v) is 4.12. The molecule has 4 aromatic rings. The molecule has 8 heteroatoms. The van der Waals surface area contributed by atoms with Crippen molar-refractivity contribution < 1.29 is 33.6 Å². The van der Waals surface area contributed by atoms with Crippen LogP contribution in [0.25, 0.3) is 0 Å². The fraction of sp³-hybridized carbons (Fsp3) is 0.212. The van der Waals surface area contributed by atoms with Gasteiger partial charge in [-0.3, -0.25) is 0 Å². The van der Waals surface area contributed by atoms with Gasteiger partial charge in [0.25, 0.3) is 0 Å². The number of benzene rings is 4. The Morgan fingerprint density at radius 3 is 1.32 bits per heavy atom. The van der Waals surface area contributed by atoms with Gasteiger partial charge in [0.1, 0.15) is 24.7 Å². The van der Waals surface area contributed by atoms with E-state index in [9.17, 15) is 9.59 Å². The van der Waals surface area contributed by atoms with Gasteiger partial charge in [-0.2, -0.15) is 0 Å². The van der Waals surface area contributed by atoms with Crippen molar-refractivity contribution in [3.63, 3.8) is 0 Å². The van der Waals surface area contributed by atoms with Gasteiger partial charge in [-0.15, -0.1) is 0 Å². The van der Waals surface area contributed by atoms with E-state index in [2.05, 4.69) is 0 Å². The number of nitrogens with zero attached hydrogens (tertiary/aromatic N) is 1. The van der Waals surface area contributed by atoms with E-state index in [4.69, 9.17) is 24.0 Å². The lowest BCUT2D eigenvalue weighted by atomic mass is 10.1. The number of carbonyl (C=O) groups is 2.